The minimum Gasteiger partial charge on any atom is -0.508 e. The summed E-state index contributed by atoms with van der Waals surface area (Å²) in [5.41, 5.74) is 1.22. The number of nitrogens with one attached hydrogen (secondary N) is 1. The monoisotopic (exact) mass is 371 g/mol. The summed E-state index contributed by atoms with van der Waals surface area (Å²) in [6.07, 6.45) is 5.75. The van der Waals surface area contributed by atoms with E-state index in [1.165, 1.54) is 49.6 Å². The number of anilines is 1. The molecule has 144 valence electrons. The van der Waals surface area contributed by atoms with E-state index in [1.54, 1.807) is 6.07 Å². The summed E-state index contributed by atoms with van der Waals surface area (Å²) in [5.74, 6) is -0.148. The highest BCUT2D eigenvalue weighted by Gasteiger charge is 2.18. The first-order chi connectivity index (χ1) is 13.0. The number of carbonyl (C=O) groups excluding carboxylic acids is 1. The Balaban J connectivity index is 1.62. The first-order valence-electron chi connectivity index (χ1n) is 9.28. The molecule has 0 aliphatic heterocycles. The van der Waals surface area contributed by atoms with Crippen LogP contribution in [-0.2, 0) is 11.3 Å². The Labute approximate surface area is 158 Å². The molecule has 0 radical (unpaired) electrons. The van der Waals surface area contributed by atoms with E-state index in [0.717, 1.165) is 12.8 Å². The van der Waals surface area contributed by atoms with Crippen molar-refractivity contribution in [1.29, 1.82) is 0 Å². The number of hydrogen-bond acceptors (Lipinski definition) is 6. The zero-order valence-corrected chi connectivity index (χ0v) is 15.1. The van der Waals surface area contributed by atoms with Crippen LogP contribution in [0, 0.1) is 5.92 Å². The second-order valence-electron chi connectivity index (χ2n) is 7.00. The summed E-state index contributed by atoms with van der Waals surface area (Å²) in [6.45, 7) is 0.634. The van der Waals surface area contributed by atoms with Crippen molar-refractivity contribution in [3.05, 3.63) is 47.5 Å². The van der Waals surface area contributed by atoms with Gasteiger partial charge in [0, 0.05) is 17.8 Å². The molecular formula is C21H25NO5. The Kier molecular flexibility index (Phi) is 6.06. The van der Waals surface area contributed by atoms with Gasteiger partial charge in [0.1, 0.15) is 22.8 Å². The van der Waals surface area contributed by atoms with Gasteiger partial charge >= 0.3 is 5.97 Å². The number of phenols is 3. The van der Waals surface area contributed by atoms with Crippen molar-refractivity contribution in [2.24, 2.45) is 5.92 Å². The molecule has 3 rings (SSSR count). The van der Waals surface area contributed by atoms with Gasteiger partial charge in [0.25, 0.3) is 0 Å². The minimum atomic E-state index is -0.540. The zero-order chi connectivity index (χ0) is 19.2. The lowest BCUT2D eigenvalue weighted by Gasteiger charge is -2.21. The quantitative estimate of drug-likeness (QED) is 0.450. The Morgan fingerprint density at radius 1 is 1.00 bits per heavy atom. The second kappa shape index (κ2) is 8.66. The molecule has 6 nitrogen and oxygen atoms in total. The Bertz CT molecular complexity index is 799. The van der Waals surface area contributed by atoms with Crippen molar-refractivity contribution < 1.29 is 24.9 Å². The smallest absolute Gasteiger partial charge is 0.341 e. The first kappa shape index (κ1) is 18.9. The summed E-state index contributed by atoms with van der Waals surface area (Å²) >= 11 is 0. The van der Waals surface area contributed by atoms with Crippen molar-refractivity contribution in [2.75, 3.05) is 11.9 Å². The van der Waals surface area contributed by atoms with Crippen LogP contribution in [0.5, 0.6) is 17.2 Å². The van der Waals surface area contributed by atoms with Crippen LogP contribution in [0.15, 0.2) is 36.4 Å². The molecule has 4 N–H and O–H groups in total. The van der Waals surface area contributed by atoms with Gasteiger partial charge in [-0.25, -0.2) is 4.79 Å². The lowest BCUT2D eigenvalue weighted by Crippen LogP contribution is -2.17. The third kappa shape index (κ3) is 5.06. The highest BCUT2D eigenvalue weighted by atomic mass is 16.5. The van der Waals surface area contributed by atoms with Crippen LogP contribution in [0.25, 0.3) is 0 Å². The third-order valence-corrected chi connectivity index (χ3v) is 4.94. The largest absolute Gasteiger partial charge is 0.508 e. The van der Waals surface area contributed by atoms with E-state index < -0.39 is 5.97 Å². The number of benzene rings is 2. The molecule has 0 amide bonds. The summed E-state index contributed by atoms with van der Waals surface area (Å²) < 4.78 is 5.40. The van der Waals surface area contributed by atoms with E-state index in [9.17, 15) is 20.1 Å². The van der Waals surface area contributed by atoms with Gasteiger partial charge in [-0.2, -0.15) is 0 Å². The molecule has 1 fully saturated rings. The van der Waals surface area contributed by atoms with Crippen LogP contribution in [0.4, 0.5) is 5.69 Å². The van der Waals surface area contributed by atoms with Crippen LogP contribution in [-0.4, -0.2) is 27.9 Å². The van der Waals surface area contributed by atoms with E-state index in [2.05, 4.69) is 5.32 Å². The third-order valence-electron chi connectivity index (χ3n) is 4.94. The molecule has 1 aliphatic rings. The van der Waals surface area contributed by atoms with E-state index in [-0.39, 0.29) is 29.4 Å². The van der Waals surface area contributed by atoms with Crippen molar-refractivity contribution >= 4 is 11.7 Å². The van der Waals surface area contributed by atoms with Crippen molar-refractivity contribution in [3.63, 3.8) is 0 Å². The molecule has 0 heterocycles. The van der Waals surface area contributed by atoms with Crippen LogP contribution in [0.3, 0.4) is 0 Å². The molecule has 6 heteroatoms. The maximum absolute atomic E-state index is 12.4. The number of ether oxygens (including phenoxy) is 1. The fourth-order valence-corrected chi connectivity index (χ4v) is 3.35. The van der Waals surface area contributed by atoms with Gasteiger partial charge in [-0.05, 0) is 55.2 Å². The summed E-state index contributed by atoms with van der Waals surface area (Å²) in [4.78, 5) is 12.4. The maximum Gasteiger partial charge on any atom is 0.341 e. The number of phenolic OH excluding ortho intramolecular Hbond substituents is 3. The molecule has 27 heavy (non-hydrogen) atoms. The van der Waals surface area contributed by atoms with Crippen LogP contribution in [0.2, 0.25) is 0 Å². The first-order valence-corrected chi connectivity index (χ1v) is 9.28. The molecule has 1 aliphatic carbocycles. The van der Waals surface area contributed by atoms with Gasteiger partial charge in [-0.1, -0.05) is 19.3 Å². The zero-order valence-electron chi connectivity index (χ0n) is 15.1. The molecule has 0 aromatic heterocycles. The van der Waals surface area contributed by atoms with Crippen molar-refractivity contribution in [1.82, 2.24) is 0 Å². The number of carbonyl (C=O) groups is 1. The summed E-state index contributed by atoms with van der Waals surface area (Å²) in [6, 6.07) is 8.87. The SMILES string of the molecule is O=C(OCC1CCCCC1)c1cc(NCc2cc(O)ccc2O)ccc1O. The fourth-order valence-electron chi connectivity index (χ4n) is 3.35. The van der Waals surface area contributed by atoms with E-state index >= 15 is 0 Å². The molecule has 0 saturated heterocycles. The molecule has 0 unspecified atom stereocenters. The normalized spacial score (nSPS) is 14.7. The molecule has 0 atom stereocenters. The summed E-state index contributed by atoms with van der Waals surface area (Å²) in [5, 5.41) is 32.4. The standard InChI is InChI=1S/C21H25NO5/c23-17-7-9-19(24)15(10-17)12-22-16-6-8-20(25)18(11-16)21(26)27-13-14-4-2-1-3-5-14/h6-11,14,22-25H,1-5,12-13H2. The van der Waals surface area contributed by atoms with Crippen LogP contribution in [0.1, 0.15) is 48.0 Å². The molecule has 0 bridgehead atoms. The van der Waals surface area contributed by atoms with Gasteiger partial charge in [-0.15, -0.1) is 0 Å². The highest BCUT2D eigenvalue weighted by molar-refractivity contribution is 5.93. The molecule has 2 aromatic carbocycles. The predicted octanol–water partition coefficient (Wildman–Crippen LogP) is 4.15. The topological polar surface area (TPSA) is 99.0 Å². The van der Waals surface area contributed by atoms with E-state index in [4.69, 9.17) is 4.74 Å². The van der Waals surface area contributed by atoms with Crippen molar-refractivity contribution in [3.8, 4) is 17.2 Å². The Hall–Kier alpha value is -2.89. The van der Waals surface area contributed by atoms with Crippen LogP contribution >= 0.6 is 0 Å². The van der Waals surface area contributed by atoms with Gasteiger partial charge in [0.05, 0.1) is 6.61 Å². The lowest BCUT2D eigenvalue weighted by molar-refractivity contribution is 0.0407. The molecule has 1 saturated carbocycles. The number of aromatic hydroxyl groups is 3. The van der Waals surface area contributed by atoms with Gasteiger partial charge < -0.3 is 25.4 Å². The van der Waals surface area contributed by atoms with E-state index in [0.29, 0.717) is 23.8 Å². The molecule has 0 spiro atoms. The highest BCUT2D eigenvalue weighted by Crippen LogP contribution is 2.27. The minimum absolute atomic E-state index is 0.0577. The predicted molar refractivity (Wildman–Crippen MR) is 102 cm³/mol. The average Bonchev–Trinajstić information content (AvgIpc) is 2.68. The lowest BCUT2D eigenvalue weighted by atomic mass is 9.90. The Morgan fingerprint density at radius 2 is 1.74 bits per heavy atom. The Morgan fingerprint density at radius 3 is 2.52 bits per heavy atom. The van der Waals surface area contributed by atoms with Crippen molar-refractivity contribution in [2.45, 2.75) is 38.6 Å². The number of hydrogen-bond donors (Lipinski definition) is 4. The maximum atomic E-state index is 12.4. The molecular weight excluding hydrogens is 346 g/mol. The number of esters is 1. The van der Waals surface area contributed by atoms with E-state index in [1.807, 2.05) is 0 Å². The van der Waals surface area contributed by atoms with Gasteiger partial charge in [0.2, 0.25) is 0 Å². The van der Waals surface area contributed by atoms with Gasteiger partial charge in [0.15, 0.2) is 0 Å². The summed E-state index contributed by atoms with van der Waals surface area (Å²) in [7, 11) is 0. The second-order valence-corrected chi connectivity index (χ2v) is 7.00. The fraction of sp³-hybridized carbons (Fsp3) is 0.381. The van der Waals surface area contributed by atoms with Crippen LogP contribution < -0.4 is 5.32 Å². The van der Waals surface area contributed by atoms with Gasteiger partial charge in [-0.3, -0.25) is 0 Å². The number of rotatable bonds is 6. The average molecular weight is 371 g/mol. The molecule has 2 aromatic rings.